The van der Waals surface area contributed by atoms with Crippen molar-refractivity contribution in [3.8, 4) is 0 Å². The van der Waals surface area contributed by atoms with E-state index in [1.54, 1.807) is 0 Å². The molecule has 106 valence electrons. The van der Waals surface area contributed by atoms with Gasteiger partial charge >= 0.3 is 0 Å². The summed E-state index contributed by atoms with van der Waals surface area (Å²) in [6.07, 6.45) is 2.52. The zero-order valence-corrected chi connectivity index (χ0v) is 13.8. The number of rotatable bonds is 6. The van der Waals surface area contributed by atoms with Gasteiger partial charge in [0.1, 0.15) is 0 Å². The van der Waals surface area contributed by atoms with Crippen LogP contribution in [0.15, 0.2) is 0 Å². The first kappa shape index (κ1) is 19.3. The second kappa shape index (κ2) is 8.93. The normalized spacial score (nSPS) is 12.4. The van der Waals surface area contributed by atoms with Crippen molar-refractivity contribution >= 4 is 0 Å². The van der Waals surface area contributed by atoms with E-state index in [1.165, 1.54) is 19.4 Å². The highest BCUT2D eigenvalue weighted by molar-refractivity contribution is 4.77. The van der Waals surface area contributed by atoms with Crippen molar-refractivity contribution in [3.63, 3.8) is 0 Å². The minimum Gasteiger partial charge on any atom is -0.320 e. The van der Waals surface area contributed by atoms with Crippen molar-refractivity contribution in [3.05, 3.63) is 0 Å². The van der Waals surface area contributed by atoms with Gasteiger partial charge in [-0.3, -0.25) is 0 Å². The molecule has 0 saturated heterocycles. The van der Waals surface area contributed by atoms with E-state index in [-0.39, 0.29) is 0 Å². The van der Waals surface area contributed by atoms with E-state index in [9.17, 15) is 0 Å². The van der Waals surface area contributed by atoms with Crippen LogP contribution in [0.3, 0.4) is 0 Å². The van der Waals surface area contributed by atoms with Crippen molar-refractivity contribution in [1.29, 1.82) is 0 Å². The van der Waals surface area contributed by atoms with Crippen LogP contribution >= 0.6 is 0 Å². The molecule has 17 heavy (non-hydrogen) atoms. The van der Waals surface area contributed by atoms with Crippen LogP contribution < -0.4 is 5.32 Å². The summed E-state index contributed by atoms with van der Waals surface area (Å²) in [4.78, 5) is 2.44. The Morgan fingerprint density at radius 3 is 1.76 bits per heavy atom. The molecule has 0 unspecified atom stereocenters. The summed E-state index contributed by atoms with van der Waals surface area (Å²) in [5.41, 5.74) is 0.738. The molecule has 2 nitrogen and oxygen atoms in total. The van der Waals surface area contributed by atoms with Crippen LogP contribution in [0.2, 0.25) is 0 Å². The van der Waals surface area contributed by atoms with Crippen LogP contribution in [-0.2, 0) is 0 Å². The zero-order chi connectivity index (χ0) is 14.1. The number of hydrogen-bond acceptors (Lipinski definition) is 2. The Hall–Kier alpha value is -0.0800. The molecule has 0 fully saturated rings. The number of hydrogen-bond donors (Lipinski definition) is 1. The Kier molecular flexibility index (Phi) is 10.1. The fourth-order valence-corrected chi connectivity index (χ4v) is 1.39. The van der Waals surface area contributed by atoms with Gasteiger partial charge in [0.2, 0.25) is 0 Å². The fourth-order valence-electron chi connectivity index (χ4n) is 1.39. The minimum atomic E-state index is 0.291. The van der Waals surface area contributed by atoms with Gasteiger partial charge in [0.25, 0.3) is 0 Å². The standard InChI is InChI=1S/C13H30N2.C2H6/c1-12(2,3)15(7)11-9-13(4,5)8-10-14-6;1-2/h14H,8-11H2,1-7H3;1-2H3. The van der Waals surface area contributed by atoms with Gasteiger partial charge in [-0.2, -0.15) is 0 Å². The van der Waals surface area contributed by atoms with E-state index in [2.05, 4.69) is 51.9 Å². The van der Waals surface area contributed by atoms with Crippen LogP contribution in [0.25, 0.3) is 0 Å². The van der Waals surface area contributed by atoms with Crippen molar-refractivity contribution in [2.75, 3.05) is 27.2 Å². The fraction of sp³-hybridized carbons (Fsp3) is 1.00. The van der Waals surface area contributed by atoms with Gasteiger partial charge in [0.15, 0.2) is 0 Å². The Labute approximate surface area is 110 Å². The molecule has 0 aliphatic heterocycles. The first-order chi connectivity index (χ1) is 7.69. The van der Waals surface area contributed by atoms with Crippen molar-refractivity contribution in [1.82, 2.24) is 10.2 Å². The predicted molar refractivity (Wildman–Crippen MR) is 80.7 cm³/mol. The first-order valence-electron chi connectivity index (χ1n) is 7.05. The number of nitrogens with zero attached hydrogens (tertiary/aromatic N) is 1. The van der Waals surface area contributed by atoms with Crippen LogP contribution in [0, 0.1) is 5.41 Å². The molecule has 0 saturated carbocycles. The predicted octanol–water partition coefficient (Wildman–Crippen LogP) is 3.77. The van der Waals surface area contributed by atoms with Crippen LogP contribution in [0.5, 0.6) is 0 Å². The molecule has 0 aromatic carbocycles. The highest BCUT2D eigenvalue weighted by Gasteiger charge is 2.21. The summed E-state index contributed by atoms with van der Waals surface area (Å²) in [6, 6.07) is 0. The number of nitrogens with one attached hydrogen (secondary N) is 1. The molecule has 0 heterocycles. The Morgan fingerprint density at radius 2 is 1.41 bits per heavy atom. The van der Waals surface area contributed by atoms with Gasteiger partial charge in [-0.25, -0.2) is 0 Å². The summed E-state index contributed by atoms with van der Waals surface area (Å²) < 4.78 is 0. The minimum absolute atomic E-state index is 0.291. The molecule has 0 rings (SSSR count). The lowest BCUT2D eigenvalue weighted by atomic mass is 9.85. The molecule has 0 spiro atoms. The topological polar surface area (TPSA) is 15.3 Å². The molecule has 1 N–H and O–H groups in total. The molecular formula is C15H36N2. The second-order valence-electron chi connectivity index (χ2n) is 6.36. The van der Waals surface area contributed by atoms with Gasteiger partial charge in [-0.05, 0) is 66.2 Å². The molecule has 0 radical (unpaired) electrons. The molecule has 0 aromatic heterocycles. The maximum atomic E-state index is 3.23. The van der Waals surface area contributed by atoms with Crippen LogP contribution in [0.1, 0.15) is 61.3 Å². The molecule has 0 aromatic rings. The van der Waals surface area contributed by atoms with Crippen LogP contribution in [-0.4, -0.2) is 37.6 Å². The van der Waals surface area contributed by atoms with Gasteiger partial charge in [-0.1, -0.05) is 27.7 Å². The second-order valence-corrected chi connectivity index (χ2v) is 6.36. The Morgan fingerprint density at radius 1 is 0.941 bits per heavy atom. The van der Waals surface area contributed by atoms with E-state index in [1.807, 2.05) is 20.9 Å². The largest absolute Gasteiger partial charge is 0.320 e. The third kappa shape index (κ3) is 10.8. The molecule has 0 aliphatic rings. The highest BCUT2D eigenvalue weighted by Crippen LogP contribution is 2.25. The third-order valence-electron chi connectivity index (χ3n) is 3.32. The molecule has 2 heteroatoms. The summed E-state index contributed by atoms with van der Waals surface area (Å²) in [6.45, 7) is 17.8. The SMILES string of the molecule is CC.CNCCC(C)(C)CCN(C)C(C)(C)C. The van der Waals surface area contributed by atoms with Crippen molar-refractivity contribution in [2.24, 2.45) is 5.41 Å². The zero-order valence-electron chi connectivity index (χ0n) is 13.8. The first-order valence-corrected chi connectivity index (χ1v) is 7.05. The van der Waals surface area contributed by atoms with Gasteiger partial charge in [0, 0.05) is 5.54 Å². The average molecular weight is 244 g/mol. The van der Waals surface area contributed by atoms with E-state index >= 15 is 0 Å². The quantitative estimate of drug-likeness (QED) is 0.765. The maximum Gasteiger partial charge on any atom is 0.0122 e. The van der Waals surface area contributed by atoms with Gasteiger partial charge in [-0.15, -0.1) is 0 Å². The van der Waals surface area contributed by atoms with Gasteiger partial charge in [0.05, 0.1) is 0 Å². The molecule has 0 atom stereocenters. The lowest BCUT2D eigenvalue weighted by Crippen LogP contribution is -2.40. The molecular weight excluding hydrogens is 208 g/mol. The van der Waals surface area contributed by atoms with E-state index in [0.717, 1.165) is 6.54 Å². The summed E-state index contributed by atoms with van der Waals surface area (Å²) in [5.74, 6) is 0. The lowest BCUT2D eigenvalue weighted by molar-refractivity contribution is 0.145. The highest BCUT2D eigenvalue weighted by atomic mass is 15.1. The smallest absolute Gasteiger partial charge is 0.0122 e. The van der Waals surface area contributed by atoms with E-state index < -0.39 is 0 Å². The Balaban J connectivity index is 0. The summed E-state index contributed by atoms with van der Waals surface area (Å²) in [7, 11) is 4.24. The lowest BCUT2D eigenvalue weighted by Gasteiger charge is -2.35. The summed E-state index contributed by atoms with van der Waals surface area (Å²) in [5, 5.41) is 3.23. The monoisotopic (exact) mass is 244 g/mol. The third-order valence-corrected chi connectivity index (χ3v) is 3.32. The van der Waals surface area contributed by atoms with Gasteiger partial charge < -0.3 is 10.2 Å². The summed E-state index contributed by atoms with van der Waals surface area (Å²) >= 11 is 0. The van der Waals surface area contributed by atoms with Crippen LogP contribution in [0.4, 0.5) is 0 Å². The Bertz CT molecular complexity index is 168. The molecule has 0 bridgehead atoms. The van der Waals surface area contributed by atoms with E-state index in [4.69, 9.17) is 0 Å². The maximum absolute atomic E-state index is 3.23. The van der Waals surface area contributed by atoms with Crippen molar-refractivity contribution < 1.29 is 0 Å². The molecule has 0 amide bonds. The van der Waals surface area contributed by atoms with E-state index in [0.29, 0.717) is 11.0 Å². The average Bonchev–Trinajstić information content (AvgIpc) is 2.25. The van der Waals surface area contributed by atoms with Crippen molar-refractivity contribution in [2.45, 2.75) is 66.8 Å². The molecule has 0 aliphatic carbocycles.